The van der Waals surface area contributed by atoms with Gasteiger partial charge < -0.3 is 15.0 Å². The number of hydrogen-bond donors (Lipinski definition) is 1. The van der Waals surface area contributed by atoms with Crippen LogP contribution in [0.2, 0.25) is 0 Å². The number of rotatable bonds is 3. The molecule has 0 radical (unpaired) electrons. The molecule has 1 heterocycles. The molecule has 2 aromatic rings. The van der Waals surface area contributed by atoms with Crippen molar-refractivity contribution in [1.82, 2.24) is 9.55 Å². The summed E-state index contributed by atoms with van der Waals surface area (Å²) >= 11 is 0. The van der Waals surface area contributed by atoms with Crippen LogP contribution in [0.5, 0.6) is 5.75 Å². The van der Waals surface area contributed by atoms with Crippen LogP contribution < -0.4 is 10.5 Å². The summed E-state index contributed by atoms with van der Waals surface area (Å²) in [5, 5.41) is 0. The van der Waals surface area contributed by atoms with Gasteiger partial charge in [0.05, 0.1) is 18.1 Å². The maximum Gasteiger partial charge on any atom is 0.201 e. The van der Waals surface area contributed by atoms with Crippen molar-refractivity contribution in [3.8, 4) is 5.75 Å². The van der Waals surface area contributed by atoms with Gasteiger partial charge in [0, 0.05) is 12.6 Å². The first-order valence-corrected chi connectivity index (χ1v) is 7.47. The average Bonchev–Trinajstić information content (AvgIpc) is 2.74. The number of benzene rings is 1. The zero-order chi connectivity index (χ0) is 14.1. The molecule has 1 aliphatic rings. The summed E-state index contributed by atoms with van der Waals surface area (Å²) < 4.78 is 7.41. The minimum atomic E-state index is 0.617. The van der Waals surface area contributed by atoms with Crippen molar-refractivity contribution in [1.29, 1.82) is 0 Å². The molecule has 2 unspecified atom stereocenters. The van der Waals surface area contributed by atoms with Crippen molar-refractivity contribution in [2.24, 2.45) is 11.8 Å². The molecule has 0 amide bonds. The second-order valence-corrected chi connectivity index (χ2v) is 6.07. The van der Waals surface area contributed by atoms with Gasteiger partial charge in [0.1, 0.15) is 5.75 Å². The number of ether oxygens (including phenoxy) is 1. The molecule has 4 nitrogen and oxygen atoms in total. The van der Waals surface area contributed by atoms with Gasteiger partial charge >= 0.3 is 0 Å². The summed E-state index contributed by atoms with van der Waals surface area (Å²) in [5.41, 5.74) is 8.14. The van der Waals surface area contributed by atoms with E-state index in [0.29, 0.717) is 5.95 Å². The van der Waals surface area contributed by atoms with Crippen molar-refractivity contribution in [3.05, 3.63) is 18.2 Å². The van der Waals surface area contributed by atoms with E-state index >= 15 is 0 Å². The second kappa shape index (κ2) is 5.35. The topological polar surface area (TPSA) is 53.1 Å². The molecule has 20 heavy (non-hydrogen) atoms. The zero-order valence-electron chi connectivity index (χ0n) is 12.3. The molecule has 2 atom stereocenters. The molecule has 1 fully saturated rings. The molecule has 0 bridgehead atoms. The van der Waals surface area contributed by atoms with Crippen LogP contribution in [0.25, 0.3) is 11.0 Å². The van der Waals surface area contributed by atoms with E-state index in [9.17, 15) is 0 Å². The Hall–Kier alpha value is -1.71. The number of nitrogens with zero attached hydrogens (tertiary/aromatic N) is 2. The molecular formula is C16H23N3O. The van der Waals surface area contributed by atoms with Crippen LogP contribution >= 0.6 is 0 Å². The zero-order valence-corrected chi connectivity index (χ0v) is 12.3. The van der Waals surface area contributed by atoms with Crippen LogP contribution in [-0.2, 0) is 6.54 Å². The summed E-state index contributed by atoms with van der Waals surface area (Å²) in [6, 6.07) is 5.99. The summed E-state index contributed by atoms with van der Waals surface area (Å²) in [6.07, 6.45) is 5.31. The fraction of sp³-hybridized carbons (Fsp3) is 0.562. The van der Waals surface area contributed by atoms with E-state index < -0.39 is 0 Å². The highest BCUT2D eigenvalue weighted by Gasteiger charge is 2.21. The molecule has 1 aromatic heterocycles. The average molecular weight is 273 g/mol. The van der Waals surface area contributed by atoms with Crippen molar-refractivity contribution in [2.45, 2.75) is 39.2 Å². The Morgan fingerprint density at radius 2 is 2.25 bits per heavy atom. The highest BCUT2D eigenvalue weighted by Crippen LogP contribution is 2.32. The third kappa shape index (κ3) is 2.47. The molecule has 1 aliphatic carbocycles. The fourth-order valence-electron chi connectivity index (χ4n) is 3.43. The Morgan fingerprint density at radius 1 is 1.40 bits per heavy atom. The van der Waals surface area contributed by atoms with Crippen molar-refractivity contribution in [3.63, 3.8) is 0 Å². The van der Waals surface area contributed by atoms with Gasteiger partial charge in [-0.15, -0.1) is 0 Å². The SMILES string of the molecule is COc1ccc2c(c1)nc(N)n2CC1CCCC(C)C1. The molecule has 4 heteroatoms. The van der Waals surface area contributed by atoms with Gasteiger partial charge in [-0.3, -0.25) is 0 Å². The molecule has 0 aliphatic heterocycles. The van der Waals surface area contributed by atoms with Crippen LogP contribution in [-0.4, -0.2) is 16.7 Å². The number of nitrogens with two attached hydrogens (primary N) is 1. The lowest BCUT2D eigenvalue weighted by molar-refractivity contribution is 0.259. The van der Waals surface area contributed by atoms with E-state index in [1.807, 2.05) is 12.1 Å². The van der Waals surface area contributed by atoms with Gasteiger partial charge in [-0.25, -0.2) is 4.98 Å². The van der Waals surface area contributed by atoms with Gasteiger partial charge in [0.2, 0.25) is 5.95 Å². The maximum atomic E-state index is 6.11. The van der Waals surface area contributed by atoms with Crippen molar-refractivity contribution < 1.29 is 4.74 Å². The first-order valence-electron chi connectivity index (χ1n) is 7.47. The third-order valence-electron chi connectivity index (χ3n) is 4.47. The number of anilines is 1. The largest absolute Gasteiger partial charge is 0.497 e. The lowest BCUT2D eigenvalue weighted by atomic mass is 9.82. The quantitative estimate of drug-likeness (QED) is 0.931. The predicted molar refractivity (Wildman–Crippen MR) is 81.8 cm³/mol. The Labute approximate surface area is 119 Å². The van der Waals surface area contributed by atoms with Crippen molar-refractivity contribution in [2.75, 3.05) is 12.8 Å². The first kappa shape index (κ1) is 13.3. The highest BCUT2D eigenvalue weighted by molar-refractivity contribution is 5.79. The van der Waals surface area contributed by atoms with E-state index in [-0.39, 0.29) is 0 Å². The van der Waals surface area contributed by atoms with Crippen LogP contribution in [0.15, 0.2) is 18.2 Å². The number of methoxy groups -OCH3 is 1. The van der Waals surface area contributed by atoms with Crippen LogP contribution in [0, 0.1) is 11.8 Å². The number of fused-ring (bicyclic) bond motifs is 1. The van der Waals surface area contributed by atoms with Crippen LogP contribution in [0.4, 0.5) is 5.95 Å². The lowest BCUT2D eigenvalue weighted by Gasteiger charge is -2.27. The number of imidazole rings is 1. The smallest absolute Gasteiger partial charge is 0.201 e. The normalized spacial score (nSPS) is 23.1. The minimum absolute atomic E-state index is 0.617. The van der Waals surface area contributed by atoms with Crippen molar-refractivity contribution >= 4 is 17.0 Å². The Bertz CT molecular complexity index is 605. The van der Waals surface area contributed by atoms with Crippen LogP contribution in [0.1, 0.15) is 32.6 Å². The van der Waals surface area contributed by atoms with Gasteiger partial charge in [-0.05, 0) is 36.8 Å². The Kier molecular flexibility index (Phi) is 3.55. The lowest BCUT2D eigenvalue weighted by Crippen LogP contribution is -2.19. The maximum absolute atomic E-state index is 6.11. The summed E-state index contributed by atoms with van der Waals surface area (Å²) in [4.78, 5) is 4.47. The van der Waals surface area contributed by atoms with E-state index in [4.69, 9.17) is 10.5 Å². The number of nitrogen functional groups attached to an aromatic ring is 1. The molecule has 0 saturated heterocycles. The summed E-state index contributed by atoms with van der Waals surface area (Å²) in [7, 11) is 1.67. The van der Waals surface area contributed by atoms with Gasteiger partial charge in [0.15, 0.2) is 0 Å². The minimum Gasteiger partial charge on any atom is -0.497 e. The first-order chi connectivity index (χ1) is 9.67. The van der Waals surface area contributed by atoms with Crippen LogP contribution in [0.3, 0.4) is 0 Å². The third-order valence-corrected chi connectivity index (χ3v) is 4.47. The standard InChI is InChI=1S/C16H23N3O/c1-11-4-3-5-12(8-11)10-19-15-7-6-13(20-2)9-14(15)18-16(19)17/h6-7,9,11-12H,3-5,8,10H2,1-2H3,(H2,17,18). The predicted octanol–water partition coefficient (Wildman–Crippen LogP) is 3.45. The number of aromatic nitrogens is 2. The second-order valence-electron chi connectivity index (χ2n) is 6.07. The molecule has 2 N–H and O–H groups in total. The molecular weight excluding hydrogens is 250 g/mol. The van der Waals surface area contributed by atoms with Gasteiger partial charge in [0.25, 0.3) is 0 Å². The fourth-order valence-corrected chi connectivity index (χ4v) is 3.43. The molecule has 0 spiro atoms. The van der Waals surface area contributed by atoms with E-state index in [1.165, 1.54) is 25.7 Å². The number of hydrogen-bond acceptors (Lipinski definition) is 3. The highest BCUT2D eigenvalue weighted by atomic mass is 16.5. The summed E-state index contributed by atoms with van der Waals surface area (Å²) in [6.45, 7) is 3.34. The van der Waals surface area contributed by atoms with Gasteiger partial charge in [-0.2, -0.15) is 0 Å². The van der Waals surface area contributed by atoms with E-state index in [2.05, 4.69) is 22.5 Å². The van der Waals surface area contributed by atoms with E-state index in [0.717, 1.165) is 35.2 Å². The van der Waals surface area contributed by atoms with Gasteiger partial charge in [-0.1, -0.05) is 19.8 Å². The molecule has 1 saturated carbocycles. The Morgan fingerprint density at radius 3 is 3.00 bits per heavy atom. The molecule has 3 rings (SSSR count). The Balaban J connectivity index is 1.88. The van der Waals surface area contributed by atoms with E-state index in [1.54, 1.807) is 7.11 Å². The summed E-state index contributed by atoms with van der Waals surface area (Å²) in [5.74, 6) is 3.00. The monoisotopic (exact) mass is 273 g/mol. The molecule has 108 valence electrons. The molecule has 1 aromatic carbocycles.